The van der Waals surface area contributed by atoms with E-state index in [1.54, 1.807) is 43.3 Å². The Morgan fingerprint density at radius 1 is 0.795 bits per heavy atom. The van der Waals surface area contributed by atoms with Crippen LogP contribution in [0, 0.1) is 6.92 Å². The fourth-order valence-electron chi connectivity index (χ4n) is 4.41. The van der Waals surface area contributed by atoms with Crippen LogP contribution in [-0.4, -0.2) is 29.0 Å². The number of anilines is 2. The predicted molar refractivity (Wildman–Crippen MR) is 166 cm³/mol. The Morgan fingerprint density at radius 3 is 1.95 bits per heavy atom. The molecule has 6 aromatic rings. The van der Waals surface area contributed by atoms with Crippen LogP contribution in [0.4, 0.5) is 29.3 Å². The maximum absolute atomic E-state index is 12.7. The average molecular weight is 658 g/mol. The van der Waals surface area contributed by atoms with E-state index < -0.39 is 27.9 Å². The molecule has 0 aliphatic carbocycles. The van der Waals surface area contributed by atoms with Crippen LogP contribution in [0.25, 0.3) is 41.6 Å². The van der Waals surface area contributed by atoms with E-state index in [1.165, 1.54) is 23.5 Å². The summed E-state index contributed by atoms with van der Waals surface area (Å²) in [4.78, 5) is 21.3. The molecule has 0 fully saturated rings. The van der Waals surface area contributed by atoms with E-state index in [9.17, 15) is 30.9 Å². The van der Waals surface area contributed by atoms with E-state index in [-0.39, 0.29) is 16.7 Å². The molecule has 2 aromatic heterocycles. The van der Waals surface area contributed by atoms with Gasteiger partial charge in [-0.25, -0.2) is 23.2 Å². The number of aromatic nitrogens is 2. The van der Waals surface area contributed by atoms with Crippen molar-refractivity contribution in [2.24, 2.45) is 0 Å². The molecule has 0 unspecified atom stereocenters. The summed E-state index contributed by atoms with van der Waals surface area (Å²) in [5.74, 6) is 0. The van der Waals surface area contributed by atoms with Crippen molar-refractivity contribution in [3.05, 3.63) is 90.0 Å². The monoisotopic (exact) mass is 657 g/mol. The summed E-state index contributed by atoms with van der Waals surface area (Å²) in [6.07, 6.45) is -4.46. The van der Waals surface area contributed by atoms with Crippen molar-refractivity contribution in [1.29, 1.82) is 0 Å². The first-order valence-corrected chi connectivity index (χ1v) is 15.5. The number of rotatable bonds is 5. The topological polar surface area (TPSA) is 161 Å². The number of quaternary nitrogens is 1. The zero-order valence-electron chi connectivity index (χ0n) is 22.9. The molecule has 0 atom stereocenters. The molecule has 2 amide bonds. The largest absolute Gasteiger partial charge is 0.744 e. The average Bonchev–Trinajstić information content (AvgIpc) is 3.56. The number of thiazole rings is 2. The summed E-state index contributed by atoms with van der Waals surface area (Å²) in [5, 5.41) is 6.44. The summed E-state index contributed by atoms with van der Waals surface area (Å²) >= 11 is 2.59. The Kier molecular flexibility index (Phi) is 8.17. The highest BCUT2D eigenvalue weighted by atomic mass is 32.2. The third kappa shape index (κ3) is 6.27. The van der Waals surface area contributed by atoms with Crippen LogP contribution in [0.5, 0.6) is 0 Å². The lowest BCUT2D eigenvalue weighted by Crippen LogP contribution is -2.19. The van der Waals surface area contributed by atoms with E-state index in [2.05, 4.69) is 15.6 Å². The van der Waals surface area contributed by atoms with Gasteiger partial charge in [-0.2, -0.15) is 13.2 Å². The molecule has 0 aliphatic rings. The van der Waals surface area contributed by atoms with Gasteiger partial charge >= 0.3 is 12.2 Å². The SMILES string of the molecule is Cc1ccc2nc(-c3ccc4nc(-c5ccc(NC(=O)Nc6ccc(C(F)(F)F)cc6)cc5)sc4c3)sc2c1S(=O)(=O)[O-].[NH4+]. The lowest BCUT2D eigenvalue weighted by molar-refractivity contribution is -0.137. The van der Waals surface area contributed by atoms with Gasteiger partial charge in [-0.15, -0.1) is 22.7 Å². The van der Waals surface area contributed by atoms with Crippen molar-refractivity contribution in [3.63, 3.8) is 0 Å². The summed E-state index contributed by atoms with van der Waals surface area (Å²) in [7, 11) is -4.67. The first kappa shape index (κ1) is 31.0. The van der Waals surface area contributed by atoms with Crippen molar-refractivity contribution in [2.45, 2.75) is 18.0 Å². The minimum atomic E-state index is -4.67. The highest BCUT2D eigenvalue weighted by Gasteiger charge is 2.30. The zero-order chi connectivity index (χ0) is 30.5. The molecule has 0 saturated heterocycles. The standard InChI is InChI=1S/C29H19F3N4O4S3.H3N/c1-15-2-12-22-24(25(15)43(38,39)40)42-27(36-22)17-5-13-21-23(14-17)41-26(35-21)16-3-8-19(9-4-16)33-28(37)34-20-10-6-18(7-11-20)29(30,31)32;/h2-14H,1H3,(H2,33,34,37)(H,38,39,40);1H3. The fraction of sp³-hybridized carbons (Fsp3) is 0.0690. The second-order valence-corrected chi connectivity index (χ2v) is 12.8. The third-order valence-corrected chi connectivity index (χ3v) is 9.81. The van der Waals surface area contributed by atoms with Gasteiger partial charge in [-0.1, -0.05) is 6.07 Å². The smallest absolute Gasteiger partial charge is 0.416 e. The van der Waals surface area contributed by atoms with Crippen molar-refractivity contribution in [3.8, 4) is 21.1 Å². The van der Waals surface area contributed by atoms with Crippen LogP contribution in [0.3, 0.4) is 0 Å². The minimum Gasteiger partial charge on any atom is -0.744 e. The second kappa shape index (κ2) is 11.6. The Hall–Kier alpha value is -4.41. The highest BCUT2D eigenvalue weighted by molar-refractivity contribution is 7.86. The van der Waals surface area contributed by atoms with Gasteiger partial charge in [0.25, 0.3) is 0 Å². The third-order valence-electron chi connectivity index (χ3n) is 6.45. The van der Waals surface area contributed by atoms with Crippen LogP contribution < -0.4 is 16.8 Å². The maximum Gasteiger partial charge on any atom is 0.416 e. The zero-order valence-corrected chi connectivity index (χ0v) is 25.3. The van der Waals surface area contributed by atoms with Gasteiger partial charge in [0.05, 0.1) is 30.9 Å². The lowest BCUT2D eigenvalue weighted by atomic mass is 10.2. The van der Waals surface area contributed by atoms with Crippen molar-refractivity contribution in [1.82, 2.24) is 16.1 Å². The number of hydrogen-bond acceptors (Lipinski definition) is 8. The van der Waals surface area contributed by atoms with Gasteiger partial charge in [-0.05, 0) is 85.3 Å². The van der Waals surface area contributed by atoms with Gasteiger partial charge in [0.1, 0.15) is 20.1 Å². The first-order valence-electron chi connectivity index (χ1n) is 12.5. The van der Waals surface area contributed by atoms with Crippen molar-refractivity contribution < 1.29 is 30.9 Å². The molecule has 6 N–H and O–H groups in total. The number of amides is 2. The molecule has 4 aromatic carbocycles. The normalized spacial score (nSPS) is 11.8. The number of fused-ring (bicyclic) bond motifs is 2. The molecule has 15 heteroatoms. The Morgan fingerprint density at radius 2 is 1.34 bits per heavy atom. The molecule has 6 rings (SSSR count). The fourth-order valence-corrected chi connectivity index (χ4v) is 7.70. The van der Waals surface area contributed by atoms with Gasteiger partial charge in [0, 0.05) is 22.5 Å². The number of carbonyl (C=O) groups excluding carboxylic acids is 1. The van der Waals surface area contributed by atoms with Gasteiger partial charge in [0.2, 0.25) is 0 Å². The Balaban J connectivity index is 0.00000384. The first-order chi connectivity index (χ1) is 20.3. The minimum absolute atomic E-state index is 0. The van der Waals surface area contributed by atoms with Crippen molar-refractivity contribution in [2.75, 3.05) is 10.6 Å². The lowest BCUT2D eigenvalue weighted by Gasteiger charge is -2.10. The highest BCUT2D eigenvalue weighted by Crippen LogP contribution is 2.38. The molecular weight excluding hydrogens is 636 g/mol. The van der Waals surface area contributed by atoms with E-state index >= 15 is 0 Å². The van der Waals surface area contributed by atoms with E-state index in [4.69, 9.17) is 4.98 Å². The number of halogens is 3. The van der Waals surface area contributed by atoms with Crippen LogP contribution in [-0.2, 0) is 16.3 Å². The number of benzene rings is 4. The summed E-state index contributed by atoms with van der Waals surface area (Å²) < 4.78 is 75.0. The van der Waals surface area contributed by atoms with Crippen LogP contribution in [0.1, 0.15) is 11.1 Å². The summed E-state index contributed by atoms with van der Waals surface area (Å²) in [6.45, 7) is 1.58. The second-order valence-electron chi connectivity index (χ2n) is 9.47. The van der Waals surface area contributed by atoms with Crippen LogP contribution in [0.2, 0.25) is 0 Å². The Bertz CT molecular complexity index is 2130. The number of aryl methyl sites for hydroxylation is 1. The molecule has 9 nitrogen and oxygen atoms in total. The molecule has 0 aliphatic heterocycles. The molecular formula is C29H22F3N5O4S3. The molecule has 0 bridgehead atoms. The summed E-state index contributed by atoms with van der Waals surface area (Å²) in [5.41, 5.74) is 3.01. The number of urea groups is 1. The van der Waals surface area contributed by atoms with E-state index in [0.29, 0.717) is 26.5 Å². The maximum atomic E-state index is 12.7. The predicted octanol–water partition coefficient (Wildman–Crippen LogP) is 8.49. The number of nitrogens with zero attached hydrogens (tertiary/aromatic N) is 2. The molecule has 0 radical (unpaired) electrons. The van der Waals surface area contributed by atoms with E-state index in [1.807, 2.05) is 18.2 Å². The van der Waals surface area contributed by atoms with E-state index in [0.717, 1.165) is 49.8 Å². The molecule has 2 heterocycles. The number of nitrogens with one attached hydrogen (secondary N) is 2. The van der Waals surface area contributed by atoms with Gasteiger partial charge in [0.15, 0.2) is 0 Å². The molecule has 0 spiro atoms. The molecule has 226 valence electrons. The van der Waals surface area contributed by atoms with Crippen molar-refractivity contribution >= 4 is 70.6 Å². The Labute approximate surface area is 256 Å². The van der Waals surface area contributed by atoms with Crippen LogP contribution in [0.15, 0.2) is 83.8 Å². The summed E-state index contributed by atoms with van der Waals surface area (Å²) in [6, 6.07) is 19.3. The number of hydrogen-bond donors (Lipinski definition) is 3. The van der Waals surface area contributed by atoms with Gasteiger partial charge < -0.3 is 21.3 Å². The number of alkyl halides is 3. The van der Waals surface area contributed by atoms with Gasteiger partial charge in [-0.3, -0.25) is 0 Å². The van der Waals surface area contributed by atoms with Crippen LogP contribution >= 0.6 is 22.7 Å². The number of carbonyl (C=O) groups is 1. The molecule has 0 saturated carbocycles. The molecule has 44 heavy (non-hydrogen) atoms. The quantitative estimate of drug-likeness (QED) is 0.158.